The number of aliphatic hydroxyl groups excluding tert-OH is 2. The predicted octanol–water partition coefficient (Wildman–Crippen LogP) is 5.74. The highest BCUT2D eigenvalue weighted by Crippen LogP contribution is 2.76. The van der Waals surface area contributed by atoms with Gasteiger partial charge in [0.15, 0.2) is 18.5 Å². The molecule has 4 saturated carbocycles. The van der Waals surface area contributed by atoms with E-state index in [-0.39, 0.29) is 47.0 Å². The molecule has 12 nitrogen and oxygen atoms in total. The number of carboxylic acids is 1. The van der Waals surface area contributed by atoms with Crippen molar-refractivity contribution in [3.63, 3.8) is 0 Å². The fraction of sp³-hybridized carbons (Fsp3) is 0.857. The molecule has 1 aliphatic heterocycles. The van der Waals surface area contributed by atoms with Crippen LogP contribution in [0.5, 0.6) is 0 Å². The smallest absolute Gasteiger partial charge is 0.309 e. The van der Waals surface area contributed by atoms with Crippen LogP contribution < -0.4 is 0 Å². The fourth-order valence-electron chi connectivity index (χ4n) is 12.9. The number of allylic oxidation sites excluding steroid dienone is 2. The molecule has 0 aromatic carbocycles. The number of hydrogen-bond donors (Lipinski definition) is 3. The number of esters is 3. The zero-order valence-electron chi connectivity index (χ0n) is 33.9. The van der Waals surface area contributed by atoms with Crippen LogP contribution in [0.15, 0.2) is 11.6 Å². The van der Waals surface area contributed by atoms with Crippen molar-refractivity contribution in [3.05, 3.63) is 11.6 Å². The van der Waals surface area contributed by atoms with Gasteiger partial charge in [-0.1, -0.05) is 46.3 Å². The van der Waals surface area contributed by atoms with Gasteiger partial charge >= 0.3 is 23.9 Å². The van der Waals surface area contributed by atoms with Crippen molar-refractivity contribution in [3.8, 4) is 0 Å². The van der Waals surface area contributed by atoms with Crippen molar-refractivity contribution in [1.82, 2.24) is 0 Å². The van der Waals surface area contributed by atoms with E-state index in [0.29, 0.717) is 12.8 Å². The highest BCUT2D eigenvalue weighted by Gasteiger charge is 2.71. The van der Waals surface area contributed by atoms with Crippen LogP contribution in [0.2, 0.25) is 0 Å². The summed E-state index contributed by atoms with van der Waals surface area (Å²) in [6.07, 6.45) is 1.94. The second-order valence-electron chi connectivity index (χ2n) is 19.4. The third kappa shape index (κ3) is 6.24. The van der Waals surface area contributed by atoms with Gasteiger partial charge in [-0.05, 0) is 99.2 Å². The summed E-state index contributed by atoms with van der Waals surface area (Å²) < 4.78 is 29.4. The van der Waals surface area contributed by atoms with Crippen LogP contribution >= 0.6 is 0 Å². The Bertz CT molecular complexity index is 1560. The summed E-state index contributed by atoms with van der Waals surface area (Å²) in [5, 5.41) is 34.0. The molecule has 0 aromatic heterocycles. The Labute approximate surface area is 320 Å². The van der Waals surface area contributed by atoms with Crippen molar-refractivity contribution in [2.45, 2.75) is 170 Å². The van der Waals surface area contributed by atoms with E-state index in [1.54, 1.807) is 6.92 Å². The van der Waals surface area contributed by atoms with Crippen molar-refractivity contribution in [2.75, 3.05) is 6.61 Å². The molecule has 16 atom stereocenters. The van der Waals surface area contributed by atoms with E-state index >= 15 is 0 Å². The van der Waals surface area contributed by atoms with Gasteiger partial charge in [-0.25, -0.2) is 0 Å². The lowest BCUT2D eigenvalue weighted by Gasteiger charge is -2.72. The van der Waals surface area contributed by atoms with E-state index in [0.717, 1.165) is 38.5 Å². The Kier molecular flexibility index (Phi) is 10.5. The number of carbonyl (C=O) groups is 4. The number of ether oxygens (including phenoxy) is 5. The Morgan fingerprint density at radius 3 is 2.06 bits per heavy atom. The highest BCUT2D eigenvalue weighted by atomic mass is 16.7. The Morgan fingerprint density at radius 1 is 0.833 bits per heavy atom. The van der Waals surface area contributed by atoms with Gasteiger partial charge in [0.1, 0.15) is 12.2 Å². The lowest BCUT2D eigenvalue weighted by molar-refractivity contribution is -0.316. The zero-order chi connectivity index (χ0) is 40.0. The van der Waals surface area contributed by atoms with Crippen molar-refractivity contribution >= 4 is 23.9 Å². The Balaban J connectivity index is 1.33. The number of hydrogen-bond acceptors (Lipinski definition) is 11. The fourth-order valence-corrected chi connectivity index (χ4v) is 12.9. The first-order valence-corrected chi connectivity index (χ1v) is 20.1. The SMILES string of the molecule is CC(=O)OC1C(C)OC(OCC2(C)C(OC(C)=O)CC(O)C3(C)C2CCC2(C)C3CC=C3C4CC(C)(C(=O)O)CCC4(C)CCC32C)C(O)C1OC(C)=O. The number of rotatable bonds is 7. The molecular weight excluding hydrogens is 696 g/mol. The summed E-state index contributed by atoms with van der Waals surface area (Å²) in [5.41, 5.74) is -1.12. The zero-order valence-corrected chi connectivity index (χ0v) is 33.9. The molecule has 1 heterocycles. The van der Waals surface area contributed by atoms with E-state index in [2.05, 4.69) is 33.8 Å². The second kappa shape index (κ2) is 13.8. The minimum absolute atomic E-state index is 0.00733. The van der Waals surface area contributed by atoms with Gasteiger partial charge in [-0.3, -0.25) is 19.2 Å². The molecule has 5 aliphatic carbocycles. The Morgan fingerprint density at radius 2 is 1.44 bits per heavy atom. The molecule has 54 heavy (non-hydrogen) atoms. The summed E-state index contributed by atoms with van der Waals surface area (Å²) in [6, 6.07) is 0. The molecule has 0 spiro atoms. The summed E-state index contributed by atoms with van der Waals surface area (Å²) in [7, 11) is 0. The standard InChI is InChI=1S/C42H64O12/c1-22-33(53-24(3)44)34(54-25(4)45)32(47)35(51-22)50-21-39(7)28-13-14-41(9)29(42(28,10)30(46)19-31(39)52-23(2)43)12-11-26-27-20-38(6,36(48)49)16-15-37(27,5)17-18-40(26,41)8/h11,22,27-35,46-47H,12-21H2,1-10H3,(H,48,49). The van der Waals surface area contributed by atoms with Crippen molar-refractivity contribution in [1.29, 1.82) is 0 Å². The van der Waals surface area contributed by atoms with Gasteiger partial charge in [-0.2, -0.15) is 0 Å². The van der Waals surface area contributed by atoms with Crippen molar-refractivity contribution < 1.29 is 58.2 Å². The van der Waals surface area contributed by atoms with E-state index in [1.165, 1.54) is 26.3 Å². The molecule has 6 aliphatic rings. The lowest BCUT2D eigenvalue weighted by Crippen LogP contribution is -2.69. The summed E-state index contributed by atoms with van der Waals surface area (Å²) in [6.45, 7) is 18.7. The first kappa shape index (κ1) is 41.1. The number of carbonyl (C=O) groups excluding carboxylic acids is 3. The second-order valence-corrected chi connectivity index (χ2v) is 19.4. The third-order valence-corrected chi connectivity index (χ3v) is 16.4. The van der Waals surface area contributed by atoms with Crippen LogP contribution in [0.3, 0.4) is 0 Å². The van der Waals surface area contributed by atoms with Crippen LogP contribution in [0, 0.1) is 50.2 Å². The van der Waals surface area contributed by atoms with Crippen LogP contribution in [-0.2, 0) is 42.9 Å². The topological polar surface area (TPSA) is 175 Å². The average Bonchev–Trinajstić information content (AvgIpc) is 3.07. The maximum Gasteiger partial charge on any atom is 0.309 e. The maximum atomic E-state index is 12.6. The van der Waals surface area contributed by atoms with E-state index in [1.807, 2.05) is 13.8 Å². The van der Waals surface area contributed by atoms with E-state index in [9.17, 15) is 34.5 Å². The molecule has 0 aromatic rings. The van der Waals surface area contributed by atoms with Gasteiger partial charge in [0.2, 0.25) is 0 Å². The van der Waals surface area contributed by atoms with Gasteiger partial charge in [0.05, 0.1) is 24.2 Å². The molecule has 0 radical (unpaired) electrons. The van der Waals surface area contributed by atoms with Crippen LogP contribution in [0.4, 0.5) is 0 Å². The number of aliphatic carboxylic acids is 1. The lowest BCUT2D eigenvalue weighted by atomic mass is 9.33. The summed E-state index contributed by atoms with van der Waals surface area (Å²) in [4.78, 5) is 49.1. The minimum atomic E-state index is -1.48. The quantitative estimate of drug-likeness (QED) is 0.163. The summed E-state index contributed by atoms with van der Waals surface area (Å²) >= 11 is 0. The molecule has 16 unspecified atom stereocenters. The van der Waals surface area contributed by atoms with Gasteiger partial charge in [-0.15, -0.1) is 0 Å². The van der Waals surface area contributed by atoms with Crippen molar-refractivity contribution in [2.24, 2.45) is 50.2 Å². The van der Waals surface area contributed by atoms with E-state index < -0.39 is 83.0 Å². The first-order chi connectivity index (χ1) is 25.0. The molecule has 3 N–H and O–H groups in total. The van der Waals surface area contributed by atoms with E-state index in [4.69, 9.17) is 23.7 Å². The molecule has 6 rings (SSSR count). The monoisotopic (exact) mass is 760 g/mol. The highest BCUT2D eigenvalue weighted by molar-refractivity contribution is 5.74. The molecule has 5 fully saturated rings. The third-order valence-electron chi connectivity index (χ3n) is 16.4. The molecule has 304 valence electrons. The molecular formula is C42H64O12. The maximum absolute atomic E-state index is 12.6. The van der Waals surface area contributed by atoms with Crippen LogP contribution in [0.25, 0.3) is 0 Å². The molecule has 1 saturated heterocycles. The normalized spacial score (nSPS) is 49.8. The van der Waals surface area contributed by atoms with Gasteiger partial charge < -0.3 is 39.0 Å². The number of aliphatic hydroxyl groups is 2. The minimum Gasteiger partial charge on any atom is -0.481 e. The average molecular weight is 761 g/mol. The number of carboxylic acid groups (broad SMARTS) is 1. The predicted molar refractivity (Wildman–Crippen MR) is 195 cm³/mol. The van der Waals surface area contributed by atoms with Crippen LogP contribution in [0.1, 0.15) is 127 Å². The number of fused-ring (bicyclic) bond motifs is 7. The largest absolute Gasteiger partial charge is 0.481 e. The van der Waals surface area contributed by atoms with Gasteiger partial charge in [0.25, 0.3) is 0 Å². The Hall–Kier alpha value is -2.54. The first-order valence-electron chi connectivity index (χ1n) is 20.1. The van der Waals surface area contributed by atoms with Crippen LogP contribution in [-0.4, -0.2) is 88.7 Å². The summed E-state index contributed by atoms with van der Waals surface area (Å²) in [5.74, 6) is -2.37. The molecule has 0 bridgehead atoms. The van der Waals surface area contributed by atoms with Gasteiger partial charge in [0, 0.05) is 38.0 Å². The molecule has 0 amide bonds. The molecule has 12 heteroatoms.